The highest BCUT2D eigenvalue weighted by Gasteiger charge is 2.22. The molecule has 4 nitrogen and oxygen atoms in total. The minimum Gasteiger partial charge on any atom is -0.490 e. The summed E-state index contributed by atoms with van der Waals surface area (Å²) in [6, 6.07) is 15.7. The van der Waals surface area contributed by atoms with Gasteiger partial charge in [-0.25, -0.2) is 0 Å². The van der Waals surface area contributed by atoms with Gasteiger partial charge in [-0.1, -0.05) is 68.2 Å². The number of thioether (sulfide) groups is 1. The van der Waals surface area contributed by atoms with Crippen LogP contribution in [0.2, 0.25) is 0 Å². The largest absolute Gasteiger partial charge is 0.490 e. The quantitative estimate of drug-likeness (QED) is 0.413. The number of hydrogen-bond acceptors (Lipinski definition) is 5. The van der Waals surface area contributed by atoms with Gasteiger partial charge in [-0.3, -0.25) is 4.79 Å². The summed E-state index contributed by atoms with van der Waals surface area (Å²) in [4.78, 5) is 12.4. The molecule has 2 aromatic rings. The van der Waals surface area contributed by atoms with E-state index in [2.05, 4.69) is 31.3 Å². The van der Waals surface area contributed by atoms with Crippen molar-refractivity contribution in [2.45, 2.75) is 19.8 Å². The van der Waals surface area contributed by atoms with Crippen LogP contribution in [0, 0.1) is 0 Å². The van der Waals surface area contributed by atoms with Crippen LogP contribution in [-0.4, -0.2) is 23.4 Å². The number of carbonyl (C=O) groups excluding carboxylic acids is 1. The van der Waals surface area contributed by atoms with Crippen LogP contribution >= 0.6 is 24.0 Å². The third-order valence-corrected chi connectivity index (χ3v) is 5.17. The lowest BCUT2D eigenvalue weighted by Crippen LogP contribution is -2.17. The van der Waals surface area contributed by atoms with Crippen LogP contribution in [0.25, 0.3) is 6.08 Å². The molecule has 1 heterocycles. The van der Waals surface area contributed by atoms with Crippen LogP contribution in [0.3, 0.4) is 0 Å². The highest BCUT2D eigenvalue weighted by atomic mass is 32.2. The number of carbonyl (C=O) groups is 1. The summed E-state index contributed by atoms with van der Waals surface area (Å²) in [6.07, 6.45) is 1.79. The van der Waals surface area contributed by atoms with Crippen LogP contribution in [0.4, 0.5) is 0 Å². The number of benzene rings is 2. The zero-order chi connectivity index (χ0) is 19.2. The molecule has 3 rings (SSSR count). The van der Waals surface area contributed by atoms with Gasteiger partial charge in [0.1, 0.15) is 29.0 Å². The minimum atomic E-state index is -0.173. The molecule has 0 unspecified atom stereocenters. The second kappa shape index (κ2) is 9.06. The second-order valence-corrected chi connectivity index (χ2v) is 8.03. The van der Waals surface area contributed by atoms with Crippen LogP contribution in [-0.2, 0) is 4.79 Å². The van der Waals surface area contributed by atoms with Crippen LogP contribution < -0.4 is 14.8 Å². The van der Waals surface area contributed by atoms with E-state index in [9.17, 15) is 4.79 Å². The van der Waals surface area contributed by atoms with Crippen molar-refractivity contribution < 1.29 is 14.3 Å². The molecule has 1 fully saturated rings. The first-order valence-corrected chi connectivity index (χ1v) is 9.95. The predicted octanol–water partition coefficient (Wildman–Crippen LogP) is 4.76. The lowest BCUT2D eigenvalue weighted by Gasteiger charge is -2.11. The van der Waals surface area contributed by atoms with E-state index in [0.29, 0.717) is 34.1 Å². The molecule has 0 radical (unpaired) electrons. The van der Waals surface area contributed by atoms with Gasteiger partial charge in [0.15, 0.2) is 0 Å². The number of rotatable bonds is 7. The molecule has 0 aliphatic carbocycles. The molecule has 27 heavy (non-hydrogen) atoms. The Hall–Kier alpha value is -2.31. The Morgan fingerprint density at radius 3 is 2.44 bits per heavy atom. The van der Waals surface area contributed by atoms with E-state index in [-0.39, 0.29) is 5.91 Å². The fourth-order valence-corrected chi connectivity index (χ4v) is 3.59. The van der Waals surface area contributed by atoms with Gasteiger partial charge < -0.3 is 14.8 Å². The molecule has 1 N–H and O–H groups in total. The van der Waals surface area contributed by atoms with E-state index in [1.807, 2.05) is 36.4 Å². The lowest BCUT2D eigenvalue weighted by atomic mass is 10.0. The van der Waals surface area contributed by atoms with Gasteiger partial charge in [0.25, 0.3) is 5.91 Å². The van der Waals surface area contributed by atoms with E-state index in [1.54, 1.807) is 6.08 Å². The fraction of sp³-hybridized carbons (Fsp3) is 0.238. The van der Waals surface area contributed by atoms with Crippen molar-refractivity contribution in [2.24, 2.45) is 0 Å². The third kappa shape index (κ3) is 5.34. The highest BCUT2D eigenvalue weighted by Crippen LogP contribution is 2.29. The standard InChI is InChI=1S/C21H21NO3S2/c1-14(2)15-7-9-17(10-8-15)24-11-12-25-18-6-4-3-5-16(18)13-19-20(23)22-21(26)27-19/h3-10,13-14H,11-12H2,1-2H3,(H,22,23,26)/b19-13+. The molecule has 1 amide bonds. The van der Waals surface area contributed by atoms with Crippen LogP contribution in [0.1, 0.15) is 30.9 Å². The maximum atomic E-state index is 11.8. The monoisotopic (exact) mass is 399 g/mol. The molecule has 0 saturated carbocycles. The van der Waals surface area contributed by atoms with Gasteiger partial charge in [0.05, 0.1) is 4.91 Å². The summed E-state index contributed by atoms with van der Waals surface area (Å²) in [5, 5.41) is 2.61. The summed E-state index contributed by atoms with van der Waals surface area (Å²) in [5.74, 6) is 1.86. The summed E-state index contributed by atoms with van der Waals surface area (Å²) < 4.78 is 12.1. The van der Waals surface area contributed by atoms with Gasteiger partial charge >= 0.3 is 0 Å². The topological polar surface area (TPSA) is 47.6 Å². The number of thiocarbonyl (C=S) groups is 1. The first-order valence-electron chi connectivity index (χ1n) is 8.72. The summed E-state index contributed by atoms with van der Waals surface area (Å²) in [6.45, 7) is 5.17. The van der Waals surface area contributed by atoms with Crippen molar-refractivity contribution in [3.8, 4) is 11.5 Å². The minimum absolute atomic E-state index is 0.173. The number of para-hydroxylation sites is 1. The van der Waals surface area contributed by atoms with E-state index >= 15 is 0 Å². The summed E-state index contributed by atoms with van der Waals surface area (Å²) in [7, 11) is 0. The first-order chi connectivity index (χ1) is 13.0. The Morgan fingerprint density at radius 2 is 1.78 bits per heavy atom. The maximum absolute atomic E-state index is 11.8. The summed E-state index contributed by atoms with van der Waals surface area (Å²) >= 11 is 6.28. The molecule has 0 bridgehead atoms. The Kier molecular flexibility index (Phi) is 6.53. The zero-order valence-corrected chi connectivity index (χ0v) is 16.9. The molecular formula is C21H21NO3S2. The van der Waals surface area contributed by atoms with Crippen molar-refractivity contribution in [1.82, 2.24) is 5.32 Å². The second-order valence-electron chi connectivity index (χ2n) is 6.31. The highest BCUT2D eigenvalue weighted by molar-refractivity contribution is 8.26. The SMILES string of the molecule is CC(C)c1ccc(OCCOc2ccccc2/C=C2/SC(=S)NC2=O)cc1. The van der Waals surface area contributed by atoms with Crippen LogP contribution in [0.5, 0.6) is 11.5 Å². The lowest BCUT2D eigenvalue weighted by molar-refractivity contribution is -0.115. The molecule has 1 aliphatic rings. The number of nitrogens with one attached hydrogen (secondary N) is 1. The predicted molar refractivity (Wildman–Crippen MR) is 114 cm³/mol. The molecule has 6 heteroatoms. The number of amides is 1. The van der Waals surface area contributed by atoms with Crippen molar-refractivity contribution in [3.63, 3.8) is 0 Å². The van der Waals surface area contributed by atoms with Gasteiger partial charge in [-0.05, 0) is 35.8 Å². The van der Waals surface area contributed by atoms with E-state index in [1.165, 1.54) is 17.3 Å². The van der Waals surface area contributed by atoms with Gasteiger partial charge in [-0.15, -0.1) is 0 Å². The Labute approximate surface area is 168 Å². The normalized spacial score (nSPS) is 15.3. The third-order valence-electron chi connectivity index (χ3n) is 4.00. The number of ether oxygens (including phenoxy) is 2. The molecule has 140 valence electrons. The zero-order valence-electron chi connectivity index (χ0n) is 15.2. The van der Waals surface area contributed by atoms with Crippen LogP contribution in [0.15, 0.2) is 53.4 Å². The Bertz CT molecular complexity index is 860. The van der Waals surface area contributed by atoms with Crippen molar-refractivity contribution >= 4 is 40.3 Å². The molecule has 1 aliphatic heterocycles. The Morgan fingerprint density at radius 1 is 1.07 bits per heavy atom. The van der Waals surface area contributed by atoms with E-state index in [4.69, 9.17) is 21.7 Å². The number of hydrogen-bond donors (Lipinski definition) is 1. The maximum Gasteiger partial charge on any atom is 0.263 e. The summed E-state index contributed by atoms with van der Waals surface area (Å²) in [5.41, 5.74) is 2.12. The molecule has 1 saturated heterocycles. The van der Waals surface area contributed by atoms with Crippen molar-refractivity contribution in [2.75, 3.05) is 13.2 Å². The van der Waals surface area contributed by atoms with Crippen molar-refractivity contribution in [3.05, 3.63) is 64.6 Å². The first kappa shape index (κ1) is 19.5. The molecule has 0 spiro atoms. The van der Waals surface area contributed by atoms with E-state index in [0.717, 1.165) is 11.3 Å². The average molecular weight is 400 g/mol. The smallest absolute Gasteiger partial charge is 0.263 e. The van der Waals surface area contributed by atoms with Gasteiger partial charge in [-0.2, -0.15) is 0 Å². The van der Waals surface area contributed by atoms with Gasteiger partial charge in [0, 0.05) is 5.56 Å². The Balaban J connectivity index is 1.56. The average Bonchev–Trinajstić information content (AvgIpc) is 2.97. The fourth-order valence-electron chi connectivity index (χ4n) is 2.55. The van der Waals surface area contributed by atoms with E-state index < -0.39 is 0 Å². The molecule has 0 aromatic heterocycles. The molecule has 2 aromatic carbocycles. The molecular weight excluding hydrogens is 378 g/mol. The molecule has 0 atom stereocenters. The van der Waals surface area contributed by atoms with Crippen molar-refractivity contribution in [1.29, 1.82) is 0 Å². The van der Waals surface area contributed by atoms with Gasteiger partial charge in [0.2, 0.25) is 0 Å².